The lowest BCUT2D eigenvalue weighted by atomic mass is 10.2. The first kappa shape index (κ1) is 18.4. The van der Waals surface area contributed by atoms with Gasteiger partial charge in [-0.15, -0.1) is 0 Å². The van der Waals surface area contributed by atoms with E-state index in [1.165, 1.54) is 6.04 Å². The van der Waals surface area contributed by atoms with E-state index in [1.54, 1.807) is 5.19 Å². The second-order valence-electron chi connectivity index (χ2n) is 8.56. The van der Waals surface area contributed by atoms with Gasteiger partial charge in [0.1, 0.15) is 0 Å². The van der Waals surface area contributed by atoms with Crippen molar-refractivity contribution in [3.8, 4) is 0 Å². The van der Waals surface area contributed by atoms with Crippen LogP contribution in [0.5, 0.6) is 0 Å². The van der Waals surface area contributed by atoms with Crippen molar-refractivity contribution in [1.29, 1.82) is 0 Å². The molecular weight excluding hydrogens is 284 g/mol. The van der Waals surface area contributed by atoms with Crippen LogP contribution in [0.4, 0.5) is 0 Å². The van der Waals surface area contributed by atoms with E-state index in [0.717, 1.165) is 5.54 Å². The largest absolute Gasteiger partial charge is 0.0917 e. The van der Waals surface area contributed by atoms with Gasteiger partial charge >= 0.3 is 0 Å². The number of allylic oxidation sites excluding steroid dienone is 2. The molecule has 0 aliphatic rings. The van der Waals surface area contributed by atoms with Crippen LogP contribution in [0.25, 0.3) is 0 Å². The molecule has 0 bridgehead atoms. The normalized spacial score (nSPS) is 15.4. The van der Waals surface area contributed by atoms with Gasteiger partial charge in [-0.05, 0) is 23.5 Å². The summed E-state index contributed by atoms with van der Waals surface area (Å²) in [5.74, 6) is 0. The maximum atomic E-state index is 2.58. The molecule has 21 heavy (non-hydrogen) atoms. The zero-order valence-electron chi connectivity index (χ0n) is 15.3. The van der Waals surface area contributed by atoms with Gasteiger partial charge in [-0.1, -0.05) is 94.6 Å². The van der Waals surface area contributed by atoms with E-state index in [4.69, 9.17) is 0 Å². The quantitative estimate of drug-likeness (QED) is 0.457. The lowest BCUT2D eigenvalue weighted by Gasteiger charge is -2.44. The Morgan fingerprint density at radius 3 is 1.95 bits per heavy atom. The smallest absolute Gasteiger partial charge is 0.0809 e. The molecule has 1 atom stereocenters. The van der Waals surface area contributed by atoms with E-state index in [2.05, 4.69) is 96.4 Å². The van der Waals surface area contributed by atoms with E-state index >= 15 is 0 Å². The zero-order chi connectivity index (χ0) is 16.3. The standard InChI is InChI=1S/C19H34Si2/c1-9-13-18(21(7,8)19(2,3)4)16-20(5,6)17-14-11-10-12-15-17/h9-15,18H,16H2,1-8H3/b13-9-. The molecule has 1 rings (SSSR count). The molecule has 0 aliphatic heterocycles. The van der Waals surface area contributed by atoms with E-state index in [9.17, 15) is 0 Å². The molecule has 1 aromatic carbocycles. The van der Waals surface area contributed by atoms with Crippen molar-refractivity contribution in [1.82, 2.24) is 0 Å². The second kappa shape index (κ2) is 6.66. The van der Waals surface area contributed by atoms with Crippen molar-refractivity contribution in [3.63, 3.8) is 0 Å². The lowest BCUT2D eigenvalue weighted by molar-refractivity contribution is 0.703. The summed E-state index contributed by atoms with van der Waals surface area (Å²) in [4.78, 5) is 0. The number of hydrogen-bond acceptors (Lipinski definition) is 0. The molecule has 2 heteroatoms. The molecule has 0 radical (unpaired) electrons. The van der Waals surface area contributed by atoms with Gasteiger partial charge in [0.05, 0.1) is 16.1 Å². The van der Waals surface area contributed by atoms with E-state index in [0.29, 0.717) is 5.04 Å². The second-order valence-corrected chi connectivity index (χ2v) is 19.0. The van der Waals surface area contributed by atoms with Crippen molar-refractivity contribution < 1.29 is 0 Å². The van der Waals surface area contributed by atoms with Gasteiger partial charge in [-0.25, -0.2) is 0 Å². The molecule has 0 saturated heterocycles. The highest BCUT2D eigenvalue weighted by Crippen LogP contribution is 2.47. The minimum Gasteiger partial charge on any atom is -0.0917 e. The third kappa shape index (κ3) is 4.43. The van der Waals surface area contributed by atoms with Crippen LogP contribution in [0.1, 0.15) is 27.7 Å². The van der Waals surface area contributed by atoms with E-state index < -0.39 is 16.1 Å². The molecule has 0 aliphatic carbocycles. The van der Waals surface area contributed by atoms with Crippen LogP contribution in [0.2, 0.25) is 42.8 Å². The van der Waals surface area contributed by atoms with Crippen molar-refractivity contribution >= 4 is 21.3 Å². The minimum absolute atomic E-state index is 0.443. The van der Waals surface area contributed by atoms with Crippen LogP contribution in [0.3, 0.4) is 0 Å². The summed E-state index contributed by atoms with van der Waals surface area (Å²) in [7, 11) is -2.73. The van der Waals surface area contributed by atoms with Crippen molar-refractivity contribution in [2.45, 2.75) is 70.5 Å². The molecule has 0 spiro atoms. The highest BCUT2D eigenvalue weighted by atomic mass is 28.3. The Morgan fingerprint density at radius 1 is 1.00 bits per heavy atom. The van der Waals surface area contributed by atoms with Gasteiger partial charge in [0.25, 0.3) is 0 Å². The molecule has 118 valence electrons. The average molecular weight is 319 g/mol. The first-order valence-corrected chi connectivity index (χ1v) is 14.5. The Bertz CT molecular complexity index is 464. The van der Waals surface area contributed by atoms with Gasteiger partial charge in [0.15, 0.2) is 0 Å². The van der Waals surface area contributed by atoms with E-state index in [1.807, 2.05) is 0 Å². The van der Waals surface area contributed by atoms with Crippen LogP contribution in [-0.2, 0) is 0 Å². The Kier molecular flexibility index (Phi) is 5.85. The SMILES string of the molecule is C/C=C\C(C[Si](C)(C)c1ccccc1)[Si](C)(C)C(C)(C)C. The molecule has 0 heterocycles. The Balaban J connectivity index is 3.10. The monoisotopic (exact) mass is 318 g/mol. The molecule has 1 unspecified atom stereocenters. The molecule has 0 fully saturated rings. The number of hydrogen-bond donors (Lipinski definition) is 0. The predicted molar refractivity (Wildman–Crippen MR) is 104 cm³/mol. The average Bonchev–Trinajstić information content (AvgIpc) is 2.37. The van der Waals surface area contributed by atoms with Gasteiger partial charge < -0.3 is 0 Å². The minimum atomic E-state index is -1.38. The summed E-state index contributed by atoms with van der Waals surface area (Å²) in [5.41, 5.74) is 0.768. The predicted octanol–water partition coefficient (Wildman–Crippen LogP) is 6.06. The fourth-order valence-corrected chi connectivity index (χ4v) is 10.8. The van der Waals surface area contributed by atoms with Gasteiger partial charge in [0.2, 0.25) is 0 Å². The summed E-state index contributed by atoms with van der Waals surface area (Å²) in [6.45, 7) is 19.7. The van der Waals surface area contributed by atoms with E-state index in [-0.39, 0.29) is 0 Å². The molecule has 0 saturated carbocycles. The maximum absolute atomic E-state index is 2.58. The van der Waals surface area contributed by atoms with Crippen molar-refractivity contribution in [3.05, 3.63) is 42.5 Å². The fourth-order valence-electron chi connectivity index (χ4n) is 2.91. The van der Waals surface area contributed by atoms with Crippen LogP contribution in [-0.4, -0.2) is 16.1 Å². The summed E-state index contributed by atoms with van der Waals surface area (Å²) >= 11 is 0. The van der Waals surface area contributed by atoms with Crippen molar-refractivity contribution in [2.24, 2.45) is 0 Å². The topological polar surface area (TPSA) is 0 Å². The molecular formula is C19H34Si2. The summed E-state index contributed by atoms with van der Waals surface area (Å²) in [6.07, 6.45) is 4.79. The highest BCUT2D eigenvalue weighted by molar-refractivity contribution is 6.92. The Labute approximate surface area is 134 Å². The van der Waals surface area contributed by atoms with Crippen LogP contribution >= 0.6 is 0 Å². The zero-order valence-corrected chi connectivity index (χ0v) is 17.3. The number of rotatable bonds is 5. The molecule has 0 amide bonds. The Morgan fingerprint density at radius 2 is 1.52 bits per heavy atom. The fraction of sp³-hybridized carbons (Fsp3) is 0.579. The summed E-state index contributed by atoms with van der Waals surface area (Å²) in [5, 5.41) is 2.04. The maximum Gasteiger partial charge on any atom is 0.0809 e. The third-order valence-corrected chi connectivity index (χ3v) is 15.5. The molecule has 0 aromatic heterocycles. The number of benzene rings is 1. The van der Waals surface area contributed by atoms with Gasteiger partial charge in [-0.3, -0.25) is 0 Å². The van der Waals surface area contributed by atoms with Crippen LogP contribution in [0, 0.1) is 0 Å². The molecule has 0 N–H and O–H groups in total. The highest BCUT2D eigenvalue weighted by Gasteiger charge is 2.43. The first-order chi connectivity index (χ1) is 9.52. The van der Waals surface area contributed by atoms with Crippen LogP contribution < -0.4 is 5.19 Å². The van der Waals surface area contributed by atoms with Gasteiger partial charge in [0, 0.05) is 0 Å². The van der Waals surface area contributed by atoms with Crippen LogP contribution in [0.15, 0.2) is 42.5 Å². The summed E-state index contributed by atoms with van der Waals surface area (Å²) in [6, 6.07) is 12.6. The third-order valence-electron chi connectivity index (χ3n) is 5.57. The van der Waals surface area contributed by atoms with Crippen molar-refractivity contribution in [2.75, 3.05) is 0 Å². The molecule has 0 nitrogen and oxygen atoms in total. The van der Waals surface area contributed by atoms with Gasteiger partial charge in [-0.2, -0.15) is 0 Å². The Hall–Kier alpha value is -0.606. The first-order valence-electron chi connectivity index (χ1n) is 8.21. The lowest BCUT2D eigenvalue weighted by Crippen LogP contribution is -2.48. The molecule has 1 aromatic rings. The summed E-state index contributed by atoms with van der Waals surface area (Å²) < 4.78 is 0.